The number of nitrogens with zero attached hydrogens (tertiary/aromatic N) is 3. The third kappa shape index (κ3) is 2.20. The number of anilines is 2. The van der Waals surface area contributed by atoms with Crippen molar-refractivity contribution in [1.29, 1.82) is 0 Å². The summed E-state index contributed by atoms with van der Waals surface area (Å²) in [4.78, 5) is 15.5. The average Bonchev–Trinajstić information content (AvgIpc) is 2.88. The standard InChI is InChI=1S/C13H14N6/c1-8-2-3-10(14)4-9(8)5-15-12-11-13(17-6-16-11)19-7-18-12/h2-4,6-7H,5,14H2,1H3,(H2,15,16,17,18,19). The van der Waals surface area contributed by atoms with Crippen molar-refractivity contribution in [3.8, 4) is 0 Å². The molecule has 0 aliphatic rings. The second-order valence-electron chi connectivity index (χ2n) is 4.36. The van der Waals surface area contributed by atoms with Crippen LogP contribution in [0.5, 0.6) is 0 Å². The number of aryl methyl sites for hydroxylation is 1. The highest BCUT2D eigenvalue weighted by atomic mass is 15.1. The lowest BCUT2D eigenvalue weighted by Crippen LogP contribution is -2.04. The van der Waals surface area contributed by atoms with Gasteiger partial charge in [0.05, 0.1) is 6.33 Å². The van der Waals surface area contributed by atoms with Crippen LogP contribution in [0.3, 0.4) is 0 Å². The van der Waals surface area contributed by atoms with Gasteiger partial charge in [-0.15, -0.1) is 0 Å². The molecule has 1 aromatic carbocycles. The van der Waals surface area contributed by atoms with Gasteiger partial charge in [-0.1, -0.05) is 6.07 Å². The van der Waals surface area contributed by atoms with Gasteiger partial charge in [-0.2, -0.15) is 0 Å². The molecule has 0 unspecified atom stereocenters. The van der Waals surface area contributed by atoms with Gasteiger partial charge >= 0.3 is 0 Å². The van der Waals surface area contributed by atoms with Crippen LogP contribution in [0.4, 0.5) is 11.5 Å². The molecule has 0 amide bonds. The minimum atomic E-state index is 0.649. The number of nitrogens with two attached hydrogens (primary N) is 1. The minimum Gasteiger partial charge on any atom is -0.399 e. The zero-order valence-electron chi connectivity index (χ0n) is 10.5. The number of H-pyrrole nitrogens is 1. The molecule has 0 atom stereocenters. The van der Waals surface area contributed by atoms with Crippen LogP contribution in [0.15, 0.2) is 30.9 Å². The molecule has 96 valence electrons. The Balaban J connectivity index is 1.86. The molecule has 2 aromatic heterocycles. The van der Waals surface area contributed by atoms with Crippen molar-refractivity contribution in [2.24, 2.45) is 0 Å². The lowest BCUT2D eigenvalue weighted by Gasteiger charge is -2.09. The lowest BCUT2D eigenvalue weighted by molar-refractivity contribution is 1.08. The monoisotopic (exact) mass is 254 g/mol. The molecule has 0 radical (unpaired) electrons. The third-order valence-electron chi connectivity index (χ3n) is 3.04. The van der Waals surface area contributed by atoms with Crippen molar-refractivity contribution in [3.63, 3.8) is 0 Å². The first-order chi connectivity index (χ1) is 9.24. The normalized spacial score (nSPS) is 10.8. The summed E-state index contributed by atoms with van der Waals surface area (Å²) in [5, 5.41) is 3.27. The second kappa shape index (κ2) is 4.56. The summed E-state index contributed by atoms with van der Waals surface area (Å²) in [6, 6.07) is 5.87. The van der Waals surface area contributed by atoms with Crippen molar-refractivity contribution in [1.82, 2.24) is 19.9 Å². The molecule has 0 spiro atoms. The fourth-order valence-electron chi connectivity index (χ4n) is 1.95. The van der Waals surface area contributed by atoms with E-state index in [1.807, 2.05) is 18.2 Å². The molecule has 4 N–H and O–H groups in total. The number of nitrogen functional groups attached to an aromatic ring is 1. The van der Waals surface area contributed by atoms with Crippen molar-refractivity contribution >= 4 is 22.7 Å². The van der Waals surface area contributed by atoms with Crippen LogP contribution >= 0.6 is 0 Å². The van der Waals surface area contributed by atoms with E-state index in [9.17, 15) is 0 Å². The third-order valence-corrected chi connectivity index (χ3v) is 3.04. The summed E-state index contributed by atoms with van der Waals surface area (Å²) in [6.45, 7) is 2.70. The Morgan fingerprint density at radius 3 is 3.05 bits per heavy atom. The number of aromatic amines is 1. The highest BCUT2D eigenvalue weighted by Crippen LogP contribution is 2.18. The first-order valence-electron chi connectivity index (χ1n) is 5.97. The number of nitrogens with one attached hydrogen (secondary N) is 2. The SMILES string of the molecule is Cc1ccc(N)cc1CNc1ncnc2[nH]cnc12. The van der Waals surface area contributed by atoms with Crippen molar-refractivity contribution < 1.29 is 0 Å². The first-order valence-corrected chi connectivity index (χ1v) is 5.97. The van der Waals surface area contributed by atoms with Gasteiger partial charge in [-0.05, 0) is 30.2 Å². The summed E-state index contributed by atoms with van der Waals surface area (Å²) < 4.78 is 0. The Hall–Kier alpha value is -2.63. The van der Waals surface area contributed by atoms with E-state index in [1.165, 1.54) is 11.9 Å². The van der Waals surface area contributed by atoms with E-state index in [-0.39, 0.29) is 0 Å². The van der Waals surface area contributed by atoms with Gasteiger partial charge in [0.1, 0.15) is 11.8 Å². The summed E-state index contributed by atoms with van der Waals surface area (Å²) >= 11 is 0. The minimum absolute atomic E-state index is 0.649. The number of aromatic nitrogens is 4. The molecule has 19 heavy (non-hydrogen) atoms. The van der Waals surface area contributed by atoms with Gasteiger partial charge in [-0.3, -0.25) is 0 Å². The molecule has 0 fully saturated rings. The molecular weight excluding hydrogens is 240 g/mol. The summed E-state index contributed by atoms with van der Waals surface area (Å²) in [6.07, 6.45) is 3.12. The number of rotatable bonds is 3. The number of hydrogen-bond donors (Lipinski definition) is 3. The molecule has 6 nitrogen and oxygen atoms in total. The van der Waals surface area contributed by atoms with Crippen LogP contribution in [0, 0.1) is 6.92 Å². The van der Waals surface area contributed by atoms with Crippen LogP contribution in [-0.4, -0.2) is 19.9 Å². The van der Waals surface area contributed by atoms with Gasteiger partial charge in [-0.25, -0.2) is 15.0 Å². The molecule has 0 saturated heterocycles. The molecule has 0 aliphatic heterocycles. The van der Waals surface area contributed by atoms with Crippen molar-refractivity contribution in [3.05, 3.63) is 42.0 Å². The number of benzene rings is 1. The molecule has 2 heterocycles. The van der Waals surface area contributed by atoms with Crippen LogP contribution in [0.25, 0.3) is 11.2 Å². The zero-order valence-corrected chi connectivity index (χ0v) is 10.5. The molecular formula is C13H14N6. The van der Waals surface area contributed by atoms with Crippen LogP contribution in [0.1, 0.15) is 11.1 Å². The van der Waals surface area contributed by atoms with Crippen molar-refractivity contribution in [2.75, 3.05) is 11.1 Å². The largest absolute Gasteiger partial charge is 0.399 e. The molecule has 3 rings (SSSR count). The Morgan fingerprint density at radius 1 is 1.26 bits per heavy atom. The molecule has 0 aliphatic carbocycles. The van der Waals surface area contributed by atoms with Gasteiger partial charge in [0, 0.05) is 12.2 Å². The smallest absolute Gasteiger partial charge is 0.162 e. The van der Waals surface area contributed by atoms with Crippen LogP contribution in [0.2, 0.25) is 0 Å². The maximum atomic E-state index is 5.80. The van der Waals surface area contributed by atoms with Gasteiger partial charge < -0.3 is 16.0 Å². The van der Waals surface area contributed by atoms with E-state index in [4.69, 9.17) is 5.73 Å². The van der Waals surface area contributed by atoms with Crippen LogP contribution in [-0.2, 0) is 6.54 Å². The molecule has 0 saturated carbocycles. The Bertz CT molecular complexity index is 718. The van der Waals surface area contributed by atoms with E-state index in [0.29, 0.717) is 12.4 Å². The summed E-state index contributed by atoms with van der Waals surface area (Å²) in [5.41, 5.74) is 10.4. The van der Waals surface area contributed by atoms with E-state index in [1.54, 1.807) is 6.33 Å². The second-order valence-corrected chi connectivity index (χ2v) is 4.36. The maximum absolute atomic E-state index is 5.80. The average molecular weight is 254 g/mol. The molecule has 6 heteroatoms. The van der Waals surface area contributed by atoms with Crippen molar-refractivity contribution in [2.45, 2.75) is 13.5 Å². The molecule has 0 bridgehead atoms. The first kappa shape index (κ1) is 11.5. The topological polar surface area (TPSA) is 92.5 Å². The van der Waals surface area contributed by atoms with E-state index in [2.05, 4.69) is 32.2 Å². The molecule has 3 aromatic rings. The predicted molar refractivity (Wildman–Crippen MR) is 74.6 cm³/mol. The maximum Gasteiger partial charge on any atom is 0.162 e. The fraction of sp³-hybridized carbons (Fsp3) is 0.154. The Kier molecular flexibility index (Phi) is 2.75. The Labute approximate surface area is 110 Å². The van der Waals surface area contributed by atoms with E-state index in [0.717, 1.165) is 22.4 Å². The Morgan fingerprint density at radius 2 is 2.16 bits per heavy atom. The lowest BCUT2D eigenvalue weighted by atomic mass is 10.1. The highest BCUT2D eigenvalue weighted by Gasteiger charge is 2.06. The van der Waals surface area contributed by atoms with Gasteiger partial charge in [0.15, 0.2) is 11.5 Å². The highest BCUT2D eigenvalue weighted by molar-refractivity contribution is 5.81. The fourth-order valence-corrected chi connectivity index (χ4v) is 1.95. The van der Waals surface area contributed by atoms with Gasteiger partial charge in [0.25, 0.3) is 0 Å². The quantitative estimate of drug-likeness (QED) is 0.620. The number of hydrogen-bond acceptors (Lipinski definition) is 5. The van der Waals surface area contributed by atoms with Gasteiger partial charge in [0.2, 0.25) is 0 Å². The predicted octanol–water partition coefficient (Wildman–Crippen LogP) is 1.86. The van der Waals surface area contributed by atoms with Crippen LogP contribution < -0.4 is 11.1 Å². The summed E-state index contributed by atoms with van der Waals surface area (Å²) in [7, 11) is 0. The number of imidazole rings is 1. The van der Waals surface area contributed by atoms with E-state index >= 15 is 0 Å². The zero-order chi connectivity index (χ0) is 13.2. The number of fused-ring (bicyclic) bond motifs is 1. The summed E-state index contributed by atoms with van der Waals surface area (Å²) in [5.74, 6) is 0.716. The van der Waals surface area contributed by atoms with E-state index < -0.39 is 0 Å².